The van der Waals surface area contributed by atoms with Crippen molar-refractivity contribution in [3.05, 3.63) is 64.7 Å². The Kier molecular flexibility index (Phi) is 4.95. The topological polar surface area (TPSA) is 61.7 Å². The van der Waals surface area contributed by atoms with E-state index in [1.54, 1.807) is 48.5 Å². The number of hydrazone groups is 1. The molecule has 108 valence electrons. The van der Waals surface area contributed by atoms with Crippen molar-refractivity contribution >= 4 is 23.2 Å². The number of hydrogen-bond donors (Lipinski definition) is 2. The predicted molar refractivity (Wildman–Crippen MR) is 83.9 cm³/mol. The molecule has 0 saturated carbocycles. The molecule has 2 rings (SSSR count). The van der Waals surface area contributed by atoms with Gasteiger partial charge in [0, 0.05) is 10.6 Å². The summed E-state index contributed by atoms with van der Waals surface area (Å²) in [6, 6.07) is 13.3. The molecule has 4 nitrogen and oxygen atoms in total. The first-order chi connectivity index (χ1) is 10.1. The Balaban J connectivity index is 2.12. The molecule has 0 aliphatic rings. The highest BCUT2D eigenvalue weighted by Gasteiger charge is 2.06. The van der Waals surface area contributed by atoms with Crippen LogP contribution in [0.1, 0.15) is 29.3 Å². The maximum absolute atomic E-state index is 12.0. The Morgan fingerprint density at radius 3 is 2.24 bits per heavy atom. The molecule has 2 aromatic rings. The van der Waals surface area contributed by atoms with Crippen molar-refractivity contribution in [1.29, 1.82) is 0 Å². The van der Waals surface area contributed by atoms with Crippen LogP contribution in [-0.4, -0.2) is 16.7 Å². The molecular weight excluding hydrogens is 288 g/mol. The molecule has 0 saturated heterocycles. The quantitative estimate of drug-likeness (QED) is 0.669. The highest BCUT2D eigenvalue weighted by molar-refractivity contribution is 6.30. The van der Waals surface area contributed by atoms with E-state index < -0.39 is 0 Å². The number of hydrogen-bond acceptors (Lipinski definition) is 3. The second-order valence-electron chi connectivity index (χ2n) is 4.41. The first-order valence-electron chi connectivity index (χ1n) is 6.52. The molecule has 1 amide bonds. The van der Waals surface area contributed by atoms with Crippen molar-refractivity contribution in [1.82, 2.24) is 5.43 Å². The molecular formula is C16H15ClN2O2. The fraction of sp³-hybridized carbons (Fsp3) is 0.125. The molecule has 2 aromatic carbocycles. The number of phenols is 1. The molecule has 0 bridgehead atoms. The Bertz CT molecular complexity index is 649. The standard InChI is InChI=1S/C16H15ClN2O2/c1-2-15(11-5-9-14(20)10-6-11)18-19-16(21)12-3-7-13(17)8-4-12/h3-10,20H,2H2,1H3,(H,19,21)/b18-15+. The van der Waals surface area contributed by atoms with Crippen molar-refractivity contribution in [2.24, 2.45) is 5.10 Å². The summed E-state index contributed by atoms with van der Waals surface area (Å²) < 4.78 is 0. The molecule has 0 aromatic heterocycles. The lowest BCUT2D eigenvalue weighted by atomic mass is 10.1. The van der Waals surface area contributed by atoms with Gasteiger partial charge in [-0.3, -0.25) is 4.79 Å². The fourth-order valence-corrected chi connectivity index (χ4v) is 1.91. The predicted octanol–water partition coefficient (Wildman–Crippen LogP) is 3.59. The molecule has 0 fully saturated rings. The monoisotopic (exact) mass is 302 g/mol. The molecule has 0 atom stereocenters. The van der Waals surface area contributed by atoms with Crippen LogP contribution in [-0.2, 0) is 0 Å². The summed E-state index contributed by atoms with van der Waals surface area (Å²) in [7, 11) is 0. The van der Waals surface area contributed by atoms with Gasteiger partial charge in [0.15, 0.2) is 0 Å². The number of phenolic OH excluding ortho intramolecular Hbond substituents is 1. The number of carbonyl (C=O) groups is 1. The Morgan fingerprint density at radius 1 is 1.10 bits per heavy atom. The van der Waals surface area contributed by atoms with Gasteiger partial charge in [-0.15, -0.1) is 0 Å². The van der Waals surface area contributed by atoms with Gasteiger partial charge in [-0.1, -0.05) is 18.5 Å². The number of aromatic hydroxyl groups is 1. The lowest BCUT2D eigenvalue weighted by Gasteiger charge is -2.05. The first kappa shape index (κ1) is 15.1. The van der Waals surface area contributed by atoms with Crippen molar-refractivity contribution in [2.75, 3.05) is 0 Å². The number of nitrogens with zero attached hydrogens (tertiary/aromatic N) is 1. The molecule has 0 aliphatic heterocycles. The Labute approximate surface area is 128 Å². The SMILES string of the molecule is CC/C(=N\NC(=O)c1ccc(Cl)cc1)c1ccc(O)cc1. The van der Waals surface area contributed by atoms with Crippen LogP contribution < -0.4 is 5.43 Å². The van der Waals surface area contributed by atoms with Crippen LogP contribution in [0.4, 0.5) is 0 Å². The van der Waals surface area contributed by atoms with Crippen LogP contribution in [0.5, 0.6) is 5.75 Å². The molecule has 2 N–H and O–H groups in total. The van der Waals surface area contributed by atoms with Crippen molar-refractivity contribution in [2.45, 2.75) is 13.3 Å². The van der Waals surface area contributed by atoms with Crippen LogP contribution >= 0.6 is 11.6 Å². The van der Waals surface area contributed by atoms with Crippen molar-refractivity contribution < 1.29 is 9.90 Å². The number of nitrogens with one attached hydrogen (secondary N) is 1. The largest absolute Gasteiger partial charge is 0.508 e. The van der Waals surface area contributed by atoms with Crippen LogP contribution in [0.15, 0.2) is 53.6 Å². The third-order valence-corrected chi connectivity index (χ3v) is 3.19. The van der Waals surface area contributed by atoms with Gasteiger partial charge in [-0.05, 0) is 60.5 Å². The van der Waals surface area contributed by atoms with Gasteiger partial charge in [-0.2, -0.15) is 5.10 Å². The highest BCUT2D eigenvalue weighted by Crippen LogP contribution is 2.12. The van der Waals surface area contributed by atoms with Gasteiger partial charge in [0.25, 0.3) is 5.91 Å². The van der Waals surface area contributed by atoms with E-state index in [-0.39, 0.29) is 11.7 Å². The van der Waals surface area contributed by atoms with Gasteiger partial charge >= 0.3 is 0 Å². The molecule has 0 heterocycles. The van der Waals surface area contributed by atoms with Gasteiger partial charge in [0.05, 0.1) is 5.71 Å². The summed E-state index contributed by atoms with van der Waals surface area (Å²) >= 11 is 5.78. The van der Waals surface area contributed by atoms with Crippen molar-refractivity contribution in [3.8, 4) is 5.75 Å². The number of halogens is 1. The molecule has 21 heavy (non-hydrogen) atoms. The fourth-order valence-electron chi connectivity index (χ4n) is 1.79. The second kappa shape index (κ2) is 6.90. The third kappa shape index (κ3) is 4.07. The van der Waals surface area contributed by atoms with Crippen molar-refractivity contribution in [3.63, 3.8) is 0 Å². The van der Waals surface area contributed by atoms with E-state index in [1.165, 1.54) is 0 Å². The average Bonchev–Trinajstić information content (AvgIpc) is 2.50. The Morgan fingerprint density at radius 2 is 1.67 bits per heavy atom. The lowest BCUT2D eigenvalue weighted by molar-refractivity contribution is 0.0955. The van der Waals surface area contributed by atoms with Crippen LogP contribution in [0.25, 0.3) is 0 Å². The minimum absolute atomic E-state index is 0.194. The maximum Gasteiger partial charge on any atom is 0.271 e. The minimum atomic E-state index is -0.295. The van der Waals surface area contributed by atoms with Gasteiger partial charge in [0.1, 0.15) is 5.75 Å². The van der Waals surface area contributed by atoms with Gasteiger partial charge in [0.2, 0.25) is 0 Å². The molecule has 0 radical (unpaired) electrons. The summed E-state index contributed by atoms with van der Waals surface area (Å²) in [6.45, 7) is 1.94. The molecule has 0 unspecified atom stereocenters. The summed E-state index contributed by atoms with van der Waals surface area (Å²) in [5.41, 5.74) is 4.60. The van der Waals surface area contributed by atoms with Crippen LogP contribution in [0, 0.1) is 0 Å². The van der Waals surface area contributed by atoms with Gasteiger partial charge < -0.3 is 5.11 Å². The zero-order valence-corrected chi connectivity index (χ0v) is 12.3. The van der Waals surface area contributed by atoms with E-state index in [4.69, 9.17) is 11.6 Å². The van der Waals surface area contributed by atoms with E-state index in [0.29, 0.717) is 17.0 Å². The number of amides is 1. The average molecular weight is 303 g/mol. The smallest absolute Gasteiger partial charge is 0.271 e. The van der Waals surface area contributed by atoms with Gasteiger partial charge in [-0.25, -0.2) is 5.43 Å². The second-order valence-corrected chi connectivity index (χ2v) is 4.84. The number of rotatable bonds is 4. The van der Waals surface area contributed by atoms with E-state index in [2.05, 4.69) is 10.5 Å². The summed E-state index contributed by atoms with van der Waals surface area (Å²) in [5, 5.41) is 14.0. The summed E-state index contributed by atoms with van der Waals surface area (Å²) in [5.74, 6) is -0.101. The first-order valence-corrected chi connectivity index (χ1v) is 6.90. The zero-order valence-electron chi connectivity index (χ0n) is 11.5. The van der Waals surface area contributed by atoms with E-state index >= 15 is 0 Å². The van der Waals surface area contributed by atoms with E-state index in [0.717, 1.165) is 11.3 Å². The number of benzene rings is 2. The Hall–Kier alpha value is -2.33. The summed E-state index contributed by atoms with van der Waals surface area (Å²) in [4.78, 5) is 12.0. The zero-order chi connectivity index (χ0) is 15.2. The summed E-state index contributed by atoms with van der Waals surface area (Å²) in [6.07, 6.45) is 0.658. The van der Waals surface area contributed by atoms with Crippen LogP contribution in [0.2, 0.25) is 5.02 Å². The number of carbonyl (C=O) groups excluding carboxylic acids is 1. The van der Waals surface area contributed by atoms with Crippen LogP contribution in [0.3, 0.4) is 0 Å². The molecule has 0 spiro atoms. The third-order valence-electron chi connectivity index (χ3n) is 2.93. The maximum atomic E-state index is 12.0. The molecule has 0 aliphatic carbocycles. The minimum Gasteiger partial charge on any atom is -0.508 e. The lowest BCUT2D eigenvalue weighted by Crippen LogP contribution is -2.19. The van der Waals surface area contributed by atoms with E-state index in [1.807, 2.05) is 6.92 Å². The van der Waals surface area contributed by atoms with E-state index in [9.17, 15) is 9.90 Å². The normalized spacial score (nSPS) is 11.2. The molecule has 5 heteroatoms. The highest BCUT2D eigenvalue weighted by atomic mass is 35.5.